The van der Waals surface area contributed by atoms with Gasteiger partial charge < -0.3 is 5.11 Å². The van der Waals surface area contributed by atoms with Crippen molar-refractivity contribution < 1.29 is 9.90 Å². The van der Waals surface area contributed by atoms with Crippen LogP contribution >= 0.6 is 11.6 Å². The molecule has 0 aliphatic rings. The second-order valence-electron chi connectivity index (χ2n) is 4.83. The number of carbonyl (C=O) groups is 1. The molecule has 0 atom stereocenters. The summed E-state index contributed by atoms with van der Waals surface area (Å²) in [6.07, 6.45) is 0.796. The summed E-state index contributed by atoms with van der Waals surface area (Å²) >= 11 is 5.97. The minimum Gasteiger partial charge on any atom is -0.392 e. The van der Waals surface area contributed by atoms with Crippen molar-refractivity contribution in [3.05, 3.63) is 70.7 Å². The fraction of sp³-hybridized carbons (Fsp3) is 0.0556. The standard InChI is InChI=1S/C18H13ClO2/c19-15-7-8-17(14(9-15)11-21)18-13(10-20)6-5-12-3-1-2-4-16(12)18/h1-9,11,20H,10H2. The summed E-state index contributed by atoms with van der Waals surface area (Å²) in [5, 5.41) is 12.2. The van der Waals surface area contributed by atoms with Gasteiger partial charge in [-0.3, -0.25) is 4.79 Å². The van der Waals surface area contributed by atoms with E-state index in [4.69, 9.17) is 11.6 Å². The highest BCUT2D eigenvalue weighted by atomic mass is 35.5. The molecule has 104 valence electrons. The van der Waals surface area contributed by atoms with Crippen molar-refractivity contribution in [1.29, 1.82) is 0 Å². The van der Waals surface area contributed by atoms with Gasteiger partial charge in [-0.05, 0) is 39.6 Å². The average molecular weight is 297 g/mol. The molecule has 0 saturated heterocycles. The van der Waals surface area contributed by atoms with Crippen molar-refractivity contribution in [3.63, 3.8) is 0 Å². The van der Waals surface area contributed by atoms with Crippen LogP contribution in [0.2, 0.25) is 5.02 Å². The third-order valence-electron chi connectivity index (χ3n) is 3.60. The molecule has 3 heteroatoms. The molecule has 21 heavy (non-hydrogen) atoms. The Bertz CT molecular complexity index is 825. The first-order chi connectivity index (χ1) is 10.2. The second kappa shape index (κ2) is 5.68. The summed E-state index contributed by atoms with van der Waals surface area (Å²) in [7, 11) is 0. The van der Waals surface area contributed by atoms with E-state index in [0.29, 0.717) is 10.6 Å². The van der Waals surface area contributed by atoms with Crippen LogP contribution in [0.15, 0.2) is 54.6 Å². The zero-order valence-corrected chi connectivity index (χ0v) is 12.0. The van der Waals surface area contributed by atoms with Crippen molar-refractivity contribution in [2.75, 3.05) is 0 Å². The van der Waals surface area contributed by atoms with Gasteiger partial charge in [0.15, 0.2) is 6.29 Å². The van der Waals surface area contributed by atoms with Crippen molar-refractivity contribution >= 4 is 28.7 Å². The van der Waals surface area contributed by atoms with Crippen molar-refractivity contribution in [1.82, 2.24) is 0 Å². The number of aliphatic hydroxyl groups is 1. The summed E-state index contributed by atoms with van der Waals surface area (Å²) < 4.78 is 0. The van der Waals surface area contributed by atoms with E-state index in [9.17, 15) is 9.90 Å². The van der Waals surface area contributed by atoms with Crippen LogP contribution in [-0.4, -0.2) is 11.4 Å². The Balaban J connectivity index is 2.40. The Kier molecular flexibility index (Phi) is 3.74. The van der Waals surface area contributed by atoms with E-state index in [0.717, 1.165) is 33.7 Å². The number of hydrogen-bond donors (Lipinski definition) is 1. The molecule has 0 heterocycles. The molecule has 3 rings (SSSR count). The van der Waals surface area contributed by atoms with Crippen LogP contribution < -0.4 is 0 Å². The molecule has 3 aromatic carbocycles. The highest BCUT2D eigenvalue weighted by Crippen LogP contribution is 2.35. The molecule has 2 nitrogen and oxygen atoms in total. The minimum absolute atomic E-state index is 0.0823. The number of fused-ring (bicyclic) bond motifs is 1. The molecule has 0 aliphatic heterocycles. The molecule has 0 fully saturated rings. The first kappa shape index (κ1) is 13.8. The number of rotatable bonds is 3. The molecule has 0 aliphatic carbocycles. The maximum absolute atomic E-state index is 11.4. The van der Waals surface area contributed by atoms with Crippen molar-refractivity contribution in [2.45, 2.75) is 6.61 Å². The predicted molar refractivity (Wildman–Crippen MR) is 85.7 cm³/mol. The first-order valence-electron chi connectivity index (χ1n) is 6.61. The van der Waals surface area contributed by atoms with Crippen LogP contribution in [0.1, 0.15) is 15.9 Å². The van der Waals surface area contributed by atoms with Gasteiger partial charge in [-0.1, -0.05) is 54.1 Å². The van der Waals surface area contributed by atoms with Crippen molar-refractivity contribution in [3.8, 4) is 11.1 Å². The number of halogens is 1. The van der Waals surface area contributed by atoms with E-state index in [1.165, 1.54) is 0 Å². The highest BCUT2D eigenvalue weighted by Gasteiger charge is 2.13. The van der Waals surface area contributed by atoms with E-state index >= 15 is 0 Å². The second-order valence-corrected chi connectivity index (χ2v) is 5.26. The number of aldehydes is 1. The Labute approximate surface area is 127 Å². The number of hydrogen-bond acceptors (Lipinski definition) is 2. The lowest BCUT2D eigenvalue weighted by Crippen LogP contribution is -1.95. The summed E-state index contributed by atoms with van der Waals surface area (Å²) in [4.78, 5) is 11.4. The topological polar surface area (TPSA) is 37.3 Å². The monoisotopic (exact) mass is 296 g/mol. The Morgan fingerprint density at radius 2 is 1.86 bits per heavy atom. The predicted octanol–water partition coefficient (Wildman–Crippen LogP) is 4.47. The van der Waals surface area contributed by atoms with E-state index < -0.39 is 0 Å². The molecule has 0 saturated carbocycles. The van der Waals surface area contributed by atoms with Crippen LogP contribution in [0.25, 0.3) is 21.9 Å². The van der Waals surface area contributed by atoms with Gasteiger partial charge in [-0.25, -0.2) is 0 Å². The molecule has 3 aromatic rings. The Hall–Kier alpha value is -2.16. The summed E-state index contributed by atoms with van der Waals surface area (Å²) in [5.41, 5.74) is 2.98. The molecule has 0 radical (unpaired) electrons. The third kappa shape index (κ3) is 2.44. The molecular formula is C18H13ClO2. The lowest BCUT2D eigenvalue weighted by Gasteiger charge is -2.14. The van der Waals surface area contributed by atoms with Crippen LogP contribution in [0.4, 0.5) is 0 Å². The maximum Gasteiger partial charge on any atom is 0.150 e. The number of aliphatic hydroxyl groups excluding tert-OH is 1. The fourth-order valence-corrected chi connectivity index (χ4v) is 2.81. The molecular weight excluding hydrogens is 284 g/mol. The van der Waals surface area contributed by atoms with E-state index in [-0.39, 0.29) is 6.61 Å². The van der Waals surface area contributed by atoms with E-state index in [2.05, 4.69) is 0 Å². The van der Waals surface area contributed by atoms with Gasteiger partial charge in [-0.15, -0.1) is 0 Å². The lowest BCUT2D eigenvalue weighted by atomic mass is 9.91. The van der Waals surface area contributed by atoms with Gasteiger partial charge in [0, 0.05) is 10.6 Å². The van der Waals surface area contributed by atoms with E-state index in [1.54, 1.807) is 12.1 Å². The SMILES string of the molecule is O=Cc1cc(Cl)ccc1-c1c(CO)ccc2ccccc12. The zero-order valence-electron chi connectivity index (χ0n) is 11.2. The van der Waals surface area contributed by atoms with Gasteiger partial charge in [-0.2, -0.15) is 0 Å². The van der Waals surface area contributed by atoms with Gasteiger partial charge in [0.2, 0.25) is 0 Å². The smallest absolute Gasteiger partial charge is 0.150 e. The summed E-state index contributed by atoms with van der Waals surface area (Å²) in [5.74, 6) is 0. The minimum atomic E-state index is -0.0823. The summed E-state index contributed by atoms with van der Waals surface area (Å²) in [6.45, 7) is -0.0823. The Morgan fingerprint density at radius 1 is 1.05 bits per heavy atom. The van der Waals surface area contributed by atoms with Gasteiger partial charge in [0.05, 0.1) is 6.61 Å². The normalized spacial score (nSPS) is 10.8. The molecule has 0 spiro atoms. The molecule has 0 aromatic heterocycles. The number of carbonyl (C=O) groups excluding carboxylic acids is 1. The van der Waals surface area contributed by atoms with Crippen molar-refractivity contribution in [2.24, 2.45) is 0 Å². The van der Waals surface area contributed by atoms with E-state index in [1.807, 2.05) is 42.5 Å². The molecule has 0 unspecified atom stereocenters. The fourth-order valence-electron chi connectivity index (χ4n) is 2.63. The number of benzene rings is 3. The quantitative estimate of drug-likeness (QED) is 0.724. The zero-order chi connectivity index (χ0) is 14.8. The van der Waals surface area contributed by atoms with Crippen LogP contribution in [-0.2, 0) is 6.61 Å². The highest BCUT2D eigenvalue weighted by molar-refractivity contribution is 6.31. The third-order valence-corrected chi connectivity index (χ3v) is 3.83. The Morgan fingerprint density at radius 3 is 2.62 bits per heavy atom. The molecule has 0 amide bonds. The largest absolute Gasteiger partial charge is 0.392 e. The van der Waals surface area contributed by atoms with Gasteiger partial charge >= 0.3 is 0 Å². The van der Waals surface area contributed by atoms with Gasteiger partial charge in [0.25, 0.3) is 0 Å². The van der Waals surface area contributed by atoms with Gasteiger partial charge in [0.1, 0.15) is 0 Å². The first-order valence-corrected chi connectivity index (χ1v) is 6.99. The summed E-state index contributed by atoms with van der Waals surface area (Å²) in [6, 6.07) is 17.0. The lowest BCUT2D eigenvalue weighted by molar-refractivity contribution is 0.112. The van der Waals surface area contributed by atoms with Crippen LogP contribution in [0, 0.1) is 0 Å². The maximum atomic E-state index is 11.4. The molecule has 1 N–H and O–H groups in total. The molecule has 0 bridgehead atoms. The van der Waals surface area contributed by atoms with Crippen LogP contribution in [0.3, 0.4) is 0 Å². The van der Waals surface area contributed by atoms with Crippen LogP contribution in [0.5, 0.6) is 0 Å². The average Bonchev–Trinajstić information content (AvgIpc) is 2.53.